The summed E-state index contributed by atoms with van der Waals surface area (Å²) in [5, 5.41) is 9.43. The molecule has 1 aliphatic heterocycles. The van der Waals surface area contributed by atoms with Crippen LogP contribution in [0.25, 0.3) is 10.8 Å². The number of likely N-dealkylation sites (tertiary alicyclic amines) is 1. The van der Waals surface area contributed by atoms with Gasteiger partial charge < -0.3 is 14.2 Å². The van der Waals surface area contributed by atoms with E-state index in [9.17, 15) is 4.79 Å². The number of H-pyrrole nitrogens is 1. The van der Waals surface area contributed by atoms with Gasteiger partial charge in [0.05, 0.1) is 0 Å². The van der Waals surface area contributed by atoms with Gasteiger partial charge in [-0.1, -0.05) is 30.3 Å². The highest BCUT2D eigenvalue weighted by atomic mass is 32.1. The first-order valence-corrected chi connectivity index (χ1v) is 9.53. The van der Waals surface area contributed by atoms with Crippen LogP contribution in [0.3, 0.4) is 0 Å². The maximum atomic E-state index is 12.5. The van der Waals surface area contributed by atoms with Crippen molar-refractivity contribution in [2.45, 2.75) is 18.8 Å². The van der Waals surface area contributed by atoms with Crippen LogP contribution in [-0.4, -0.2) is 45.3 Å². The first-order valence-electron chi connectivity index (χ1n) is 9.12. The molecule has 27 heavy (non-hydrogen) atoms. The zero-order valence-electron chi connectivity index (χ0n) is 15.2. The number of benzene rings is 2. The van der Waals surface area contributed by atoms with Gasteiger partial charge in [0.1, 0.15) is 11.6 Å². The Morgan fingerprint density at radius 1 is 1.22 bits per heavy atom. The van der Waals surface area contributed by atoms with Crippen LogP contribution >= 0.6 is 12.2 Å². The maximum absolute atomic E-state index is 12.5. The number of aromatic nitrogens is 3. The number of nitrogens with zero attached hydrogens (tertiary/aromatic N) is 3. The Kier molecular flexibility index (Phi) is 4.94. The van der Waals surface area contributed by atoms with E-state index in [1.165, 1.54) is 0 Å². The second-order valence-electron chi connectivity index (χ2n) is 6.90. The summed E-state index contributed by atoms with van der Waals surface area (Å²) in [4.78, 5) is 14.4. The van der Waals surface area contributed by atoms with Gasteiger partial charge in [0.25, 0.3) is 5.91 Å². The molecule has 1 fully saturated rings. The maximum Gasteiger partial charge on any atom is 0.260 e. The summed E-state index contributed by atoms with van der Waals surface area (Å²) in [5.41, 5.74) is 0. The Balaban J connectivity index is 1.32. The molecule has 1 saturated heterocycles. The molecule has 140 valence electrons. The monoisotopic (exact) mass is 382 g/mol. The van der Waals surface area contributed by atoms with Crippen LogP contribution in [0, 0.1) is 4.77 Å². The second kappa shape index (κ2) is 7.52. The molecule has 0 spiro atoms. The Morgan fingerprint density at radius 2 is 1.96 bits per heavy atom. The molecular formula is C20H22N4O2S. The summed E-state index contributed by atoms with van der Waals surface area (Å²) in [6.45, 7) is 1.49. The van der Waals surface area contributed by atoms with Gasteiger partial charge in [-0.05, 0) is 48.0 Å². The Hall–Kier alpha value is -2.67. The van der Waals surface area contributed by atoms with Crippen molar-refractivity contribution in [3.8, 4) is 5.75 Å². The van der Waals surface area contributed by atoms with Gasteiger partial charge in [0, 0.05) is 26.1 Å². The Labute approximate surface area is 162 Å². The topological polar surface area (TPSA) is 63.1 Å². The van der Waals surface area contributed by atoms with Crippen molar-refractivity contribution < 1.29 is 9.53 Å². The van der Waals surface area contributed by atoms with E-state index in [2.05, 4.69) is 16.3 Å². The fourth-order valence-electron chi connectivity index (χ4n) is 3.60. The third-order valence-electron chi connectivity index (χ3n) is 5.21. The molecular weight excluding hydrogens is 360 g/mol. The molecule has 1 aliphatic rings. The smallest absolute Gasteiger partial charge is 0.260 e. The Bertz CT molecular complexity index is 1020. The van der Waals surface area contributed by atoms with Crippen molar-refractivity contribution in [2.24, 2.45) is 7.05 Å². The van der Waals surface area contributed by atoms with E-state index in [1.54, 1.807) is 0 Å². The quantitative estimate of drug-likeness (QED) is 0.703. The second-order valence-corrected chi connectivity index (χ2v) is 7.29. The van der Waals surface area contributed by atoms with Crippen molar-refractivity contribution in [3.05, 3.63) is 53.1 Å². The van der Waals surface area contributed by atoms with Crippen LogP contribution < -0.4 is 4.74 Å². The van der Waals surface area contributed by atoms with Gasteiger partial charge >= 0.3 is 0 Å². The number of carbonyl (C=O) groups is 1. The highest BCUT2D eigenvalue weighted by Crippen LogP contribution is 2.26. The number of aromatic amines is 1. The number of fused-ring (bicyclic) bond motifs is 1. The van der Waals surface area contributed by atoms with Crippen molar-refractivity contribution in [2.75, 3.05) is 19.7 Å². The molecule has 0 aliphatic carbocycles. The predicted octanol–water partition coefficient (Wildman–Crippen LogP) is 3.42. The number of hydrogen-bond donors (Lipinski definition) is 1. The van der Waals surface area contributed by atoms with Crippen molar-refractivity contribution in [1.29, 1.82) is 0 Å². The molecule has 0 atom stereocenters. The average Bonchev–Trinajstić information content (AvgIpc) is 3.04. The summed E-state index contributed by atoms with van der Waals surface area (Å²) in [5.74, 6) is 2.04. The molecule has 0 bridgehead atoms. The molecule has 0 saturated carbocycles. The molecule has 3 aromatic rings. The summed E-state index contributed by atoms with van der Waals surface area (Å²) < 4.78 is 8.29. The third kappa shape index (κ3) is 3.73. The number of nitrogens with one attached hydrogen (secondary N) is 1. The lowest BCUT2D eigenvalue weighted by atomic mass is 9.96. The zero-order valence-corrected chi connectivity index (χ0v) is 16.0. The lowest BCUT2D eigenvalue weighted by Gasteiger charge is -2.31. The average molecular weight is 382 g/mol. The number of ether oxygens (including phenoxy) is 1. The van der Waals surface area contributed by atoms with Crippen LogP contribution in [0.2, 0.25) is 0 Å². The first-order chi connectivity index (χ1) is 13.1. The summed E-state index contributed by atoms with van der Waals surface area (Å²) in [7, 11) is 1.93. The van der Waals surface area contributed by atoms with Crippen LogP contribution in [0.1, 0.15) is 24.6 Å². The molecule has 4 rings (SSSR count). The van der Waals surface area contributed by atoms with Gasteiger partial charge in [-0.15, -0.1) is 0 Å². The molecule has 0 unspecified atom stereocenters. The molecule has 2 aromatic carbocycles. The number of carbonyl (C=O) groups excluding carboxylic acids is 1. The first kappa shape index (κ1) is 17.7. The molecule has 2 heterocycles. The molecule has 1 aromatic heterocycles. The number of hydrogen-bond acceptors (Lipinski definition) is 4. The van der Waals surface area contributed by atoms with Gasteiger partial charge in [0.2, 0.25) is 0 Å². The molecule has 1 amide bonds. The summed E-state index contributed by atoms with van der Waals surface area (Å²) in [6.07, 6.45) is 1.77. The highest BCUT2D eigenvalue weighted by Gasteiger charge is 2.26. The van der Waals surface area contributed by atoms with E-state index >= 15 is 0 Å². The van der Waals surface area contributed by atoms with E-state index in [0.717, 1.165) is 35.2 Å². The van der Waals surface area contributed by atoms with E-state index in [4.69, 9.17) is 17.0 Å². The van der Waals surface area contributed by atoms with Crippen LogP contribution in [0.5, 0.6) is 5.75 Å². The largest absolute Gasteiger partial charge is 0.484 e. The fourth-order valence-corrected chi connectivity index (χ4v) is 3.74. The van der Waals surface area contributed by atoms with Crippen molar-refractivity contribution in [3.63, 3.8) is 0 Å². The zero-order chi connectivity index (χ0) is 18.8. The summed E-state index contributed by atoms with van der Waals surface area (Å²) >= 11 is 5.18. The fraction of sp³-hybridized carbons (Fsp3) is 0.350. The molecule has 6 nitrogen and oxygen atoms in total. The van der Waals surface area contributed by atoms with E-state index in [0.29, 0.717) is 23.8 Å². The van der Waals surface area contributed by atoms with E-state index < -0.39 is 0 Å². The van der Waals surface area contributed by atoms with Crippen molar-refractivity contribution >= 4 is 28.9 Å². The normalized spacial score (nSPS) is 15.2. The van der Waals surface area contributed by atoms with E-state index in [-0.39, 0.29) is 12.5 Å². The van der Waals surface area contributed by atoms with Gasteiger partial charge in [-0.25, -0.2) is 0 Å². The minimum absolute atomic E-state index is 0.0250. The molecule has 1 N–H and O–H groups in total. The molecule has 0 radical (unpaired) electrons. The minimum Gasteiger partial charge on any atom is -0.484 e. The molecule has 7 heteroatoms. The Morgan fingerprint density at radius 3 is 2.67 bits per heavy atom. The lowest BCUT2D eigenvalue weighted by Crippen LogP contribution is -2.40. The van der Waals surface area contributed by atoms with Gasteiger partial charge in [-0.2, -0.15) is 5.10 Å². The lowest BCUT2D eigenvalue weighted by molar-refractivity contribution is -0.134. The van der Waals surface area contributed by atoms with Gasteiger partial charge in [0.15, 0.2) is 11.4 Å². The number of rotatable bonds is 4. The minimum atomic E-state index is 0.0250. The summed E-state index contributed by atoms with van der Waals surface area (Å²) in [6, 6.07) is 14.0. The number of piperidine rings is 1. The van der Waals surface area contributed by atoms with Crippen LogP contribution in [-0.2, 0) is 11.8 Å². The SMILES string of the molecule is Cn1c(C2CCN(C(=O)COc3ccc4ccccc4c3)CC2)n[nH]c1=S. The van der Waals surface area contributed by atoms with Crippen molar-refractivity contribution in [1.82, 2.24) is 19.7 Å². The third-order valence-corrected chi connectivity index (χ3v) is 5.58. The van der Waals surface area contributed by atoms with Gasteiger partial charge in [-0.3, -0.25) is 9.89 Å². The van der Waals surface area contributed by atoms with E-state index in [1.807, 2.05) is 52.9 Å². The number of amides is 1. The van der Waals surface area contributed by atoms with Crippen LogP contribution in [0.4, 0.5) is 0 Å². The highest BCUT2D eigenvalue weighted by molar-refractivity contribution is 7.71. The standard InChI is InChI=1S/C20H22N4O2S/c1-23-19(21-22-20(23)27)15-8-10-24(11-9-15)18(25)13-26-17-7-6-14-4-2-3-5-16(14)12-17/h2-7,12,15H,8-11,13H2,1H3,(H,22,27). The van der Waals surface area contributed by atoms with Crippen LogP contribution in [0.15, 0.2) is 42.5 Å². The predicted molar refractivity (Wildman–Crippen MR) is 106 cm³/mol.